The van der Waals surface area contributed by atoms with Crippen LogP contribution >= 0.6 is 11.8 Å². The number of hydrogen-bond donors (Lipinski definition) is 1. The van der Waals surface area contributed by atoms with Crippen molar-refractivity contribution in [1.82, 2.24) is 4.90 Å². The second-order valence-electron chi connectivity index (χ2n) is 6.17. The summed E-state index contributed by atoms with van der Waals surface area (Å²) >= 11 is 1.58. The molecule has 0 aromatic rings. The summed E-state index contributed by atoms with van der Waals surface area (Å²) in [5, 5.41) is 20.4. The molecule has 2 rings (SSSR count). The SMILES string of the molecule is CC[N+](CC)(CC)CC1SC2[C@@H](CCO)C(=O)N2C1C(=O)[O-]. The molecule has 0 spiro atoms. The lowest BCUT2D eigenvalue weighted by atomic mass is 9.92. The number of carbonyl (C=O) groups excluding carboxylic acids is 2. The van der Waals surface area contributed by atoms with Crippen LogP contribution in [0, 0.1) is 5.92 Å². The van der Waals surface area contributed by atoms with Gasteiger partial charge in [-0.1, -0.05) is 0 Å². The van der Waals surface area contributed by atoms with Crippen LogP contribution in [0.5, 0.6) is 0 Å². The molecule has 0 bridgehead atoms. The second-order valence-corrected chi connectivity index (χ2v) is 7.53. The number of nitrogens with zero attached hydrogens (tertiary/aromatic N) is 2. The topological polar surface area (TPSA) is 80.7 Å². The predicted octanol–water partition coefficient (Wildman–Crippen LogP) is -0.736. The molecule has 0 radical (unpaired) electrons. The van der Waals surface area contributed by atoms with Gasteiger partial charge in [-0.05, 0) is 27.2 Å². The first kappa shape index (κ1) is 17.6. The van der Waals surface area contributed by atoms with Crippen molar-refractivity contribution in [2.45, 2.75) is 43.9 Å². The molecule has 2 aliphatic heterocycles. The van der Waals surface area contributed by atoms with E-state index in [1.54, 1.807) is 11.8 Å². The van der Waals surface area contributed by atoms with Gasteiger partial charge in [0.1, 0.15) is 0 Å². The van der Waals surface area contributed by atoms with Crippen LogP contribution in [0.4, 0.5) is 0 Å². The molecule has 2 fully saturated rings. The van der Waals surface area contributed by atoms with Gasteiger partial charge in [-0.3, -0.25) is 4.79 Å². The molecule has 2 heterocycles. The first-order valence-corrected chi connectivity index (χ1v) is 9.03. The van der Waals surface area contributed by atoms with E-state index >= 15 is 0 Å². The van der Waals surface area contributed by atoms with Gasteiger partial charge in [0.25, 0.3) is 0 Å². The third-order valence-corrected chi connectivity index (χ3v) is 7.01. The maximum absolute atomic E-state index is 12.2. The molecule has 0 saturated carbocycles. The number of fused-ring (bicyclic) bond motifs is 1. The van der Waals surface area contributed by atoms with Crippen molar-refractivity contribution in [2.24, 2.45) is 5.92 Å². The third kappa shape index (κ3) is 2.74. The molecular formula is C15H26N2O4S. The Hall–Kier alpha value is -0.790. The van der Waals surface area contributed by atoms with E-state index in [4.69, 9.17) is 5.11 Å². The highest BCUT2D eigenvalue weighted by Crippen LogP contribution is 2.49. The molecule has 1 N–H and O–H groups in total. The highest BCUT2D eigenvalue weighted by Gasteiger charge is 2.59. The Bertz CT molecular complexity index is 433. The van der Waals surface area contributed by atoms with Gasteiger partial charge >= 0.3 is 0 Å². The van der Waals surface area contributed by atoms with E-state index in [-0.39, 0.29) is 29.1 Å². The predicted molar refractivity (Wildman–Crippen MR) is 82.8 cm³/mol. The van der Waals surface area contributed by atoms with Crippen LogP contribution in [0.1, 0.15) is 27.2 Å². The van der Waals surface area contributed by atoms with E-state index in [0.29, 0.717) is 6.42 Å². The molecule has 3 unspecified atom stereocenters. The van der Waals surface area contributed by atoms with Crippen molar-refractivity contribution in [3.63, 3.8) is 0 Å². The second kappa shape index (κ2) is 6.76. The Morgan fingerprint density at radius 2 is 1.91 bits per heavy atom. The molecule has 2 aliphatic rings. The largest absolute Gasteiger partial charge is 0.548 e. The molecule has 22 heavy (non-hydrogen) atoms. The van der Waals surface area contributed by atoms with Crippen LogP contribution in [-0.2, 0) is 9.59 Å². The van der Waals surface area contributed by atoms with Crippen LogP contribution < -0.4 is 5.11 Å². The quantitative estimate of drug-likeness (QED) is 0.468. The van der Waals surface area contributed by atoms with E-state index in [2.05, 4.69) is 20.8 Å². The number of hydrogen-bond acceptors (Lipinski definition) is 5. The average molecular weight is 330 g/mol. The smallest absolute Gasteiger partial charge is 0.230 e. The lowest BCUT2D eigenvalue weighted by Gasteiger charge is -2.45. The Balaban J connectivity index is 2.18. The number of carboxylic acid groups (broad SMARTS) is 1. The highest BCUT2D eigenvalue weighted by molar-refractivity contribution is 8.01. The molecule has 1 amide bonds. The number of amides is 1. The lowest BCUT2D eigenvalue weighted by molar-refractivity contribution is -0.922. The van der Waals surface area contributed by atoms with E-state index < -0.39 is 12.0 Å². The van der Waals surface area contributed by atoms with Gasteiger partial charge in [0, 0.05) is 6.61 Å². The van der Waals surface area contributed by atoms with Gasteiger partial charge in [0.2, 0.25) is 5.91 Å². The van der Waals surface area contributed by atoms with Crippen molar-refractivity contribution in [2.75, 3.05) is 32.8 Å². The van der Waals surface area contributed by atoms with Crippen molar-refractivity contribution in [3.05, 3.63) is 0 Å². The minimum Gasteiger partial charge on any atom is -0.548 e. The minimum atomic E-state index is -1.16. The molecule has 0 aromatic carbocycles. The zero-order valence-electron chi connectivity index (χ0n) is 13.5. The zero-order chi connectivity index (χ0) is 16.5. The van der Waals surface area contributed by atoms with Crippen LogP contribution in [0.3, 0.4) is 0 Å². The lowest BCUT2D eigenvalue weighted by Crippen LogP contribution is -2.65. The van der Waals surface area contributed by atoms with Gasteiger partial charge in [0.05, 0.1) is 54.7 Å². The molecule has 4 atom stereocenters. The maximum atomic E-state index is 12.2. The van der Waals surface area contributed by atoms with Crippen molar-refractivity contribution < 1.29 is 24.3 Å². The average Bonchev–Trinajstić information content (AvgIpc) is 2.85. The number of quaternary nitrogens is 1. The van der Waals surface area contributed by atoms with Gasteiger partial charge in [-0.25, -0.2) is 0 Å². The Kier molecular flexibility index (Phi) is 5.40. The summed E-state index contributed by atoms with van der Waals surface area (Å²) in [6.45, 7) is 9.90. The molecule has 126 valence electrons. The molecule has 7 heteroatoms. The van der Waals surface area contributed by atoms with Gasteiger partial charge in [-0.15, -0.1) is 11.8 Å². The monoisotopic (exact) mass is 330 g/mol. The fourth-order valence-electron chi connectivity index (χ4n) is 3.69. The fourth-order valence-corrected chi connectivity index (χ4v) is 5.65. The molecular weight excluding hydrogens is 304 g/mol. The summed E-state index contributed by atoms with van der Waals surface area (Å²) < 4.78 is 0.848. The molecule has 2 saturated heterocycles. The number of β-lactam (4-membered cyclic amide) rings is 1. The molecule has 6 nitrogen and oxygen atoms in total. The van der Waals surface area contributed by atoms with Gasteiger partial charge in [-0.2, -0.15) is 0 Å². The van der Waals surface area contributed by atoms with Gasteiger partial charge < -0.3 is 24.4 Å². The number of aliphatic hydroxyl groups is 1. The first-order chi connectivity index (χ1) is 10.4. The summed E-state index contributed by atoms with van der Waals surface area (Å²) in [6.07, 6.45) is 0.412. The minimum absolute atomic E-state index is 0.0408. The highest BCUT2D eigenvalue weighted by atomic mass is 32.2. The van der Waals surface area contributed by atoms with Crippen LogP contribution in [0.25, 0.3) is 0 Å². The maximum Gasteiger partial charge on any atom is 0.230 e. The zero-order valence-corrected chi connectivity index (χ0v) is 14.3. The normalized spacial score (nSPS) is 31.1. The summed E-state index contributed by atoms with van der Waals surface area (Å²) in [5.74, 6) is -1.54. The van der Waals surface area contributed by atoms with Crippen molar-refractivity contribution in [3.8, 4) is 0 Å². The third-order valence-electron chi connectivity index (χ3n) is 5.42. The number of aliphatic hydroxyl groups excluding tert-OH is 1. The van der Waals surface area contributed by atoms with Crippen LogP contribution in [0.2, 0.25) is 0 Å². The number of carboxylic acids is 1. The molecule has 0 aliphatic carbocycles. The Labute approximate surface area is 136 Å². The van der Waals surface area contributed by atoms with E-state index in [1.807, 2.05) is 0 Å². The van der Waals surface area contributed by atoms with Gasteiger partial charge in [0.15, 0.2) is 0 Å². The number of thioether (sulfide) groups is 1. The van der Waals surface area contributed by atoms with E-state index in [0.717, 1.165) is 30.7 Å². The summed E-state index contributed by atoms with van der Waals surface area (Å²) in [5.41, 5.74) is 0. The standard InChI is InChI=1S/C15H26N2O4S/c1-4-17(5-2,6-3)9-11-12(15(20)21)16-13(19)10(7-8-18)14(16)22-11/h10-12,14,18H,4-9H2,1-3H3/t10-,11?,12?,14?/m0/s1. The van der Waals surface area contributed by atoms with E-state index in [1.165, 1.54) is 4.90 Å². The molecule has 0 aromatic heterocycles. The van der Waals surface area contributed by atoms with Crippen LogP contribution in [-0.4, -0.2) is 75.8 Å². The fraction of sp³-hybridized carbons (Fsp3) is 0.867. The summed E-state index contributed by atoms with van der Waals surface area (Å²) in [7, 11) is 0. The number of aliphatic carboxylic acids is 1. The van der Waals surface area contributed by atoms with Crippen molar-refractivity contribution in [1.29, 1.82) is 0 Å². The summed E-state index contributed by atoms with van der Waals surface area (Å²) in [4.78, 5) is 25.2. The number of carbonyl (C=O) groups is 2. The van der Waals surface area contributed by atoms with Crippen LogP contribution in [0.15, 0.2) is 0 Å². The summed E-state index contributed by atoms with van der Waals surface area (Å²) in [6, 6.07) is -0.834. The first-order valence-electron chi connectivity index (χ1n) is 8.09. The van der Waals surface area contributed by atoms with Crippen molar-refractivity contribution >= 4 is 23.6 Å². The number of rotatable bonds is 8. The Morgan fingerprint density at radius 1 is 1.32 bits per heavy atom. The Morgan fingerprint density at radius 3 is 2.36 bits per heavy atom. The van der Waals surface area contributed by atoms with E-state index in [9.17, 15) is 14.7 Å².